The Bertz CT molecular complexity index is 387. The van der Waals surface area contributed by atoms with Gasteiger partial charge in [0.25, 0.3) is 0 Å². The molecule has 17 heavy (non-hydrogen) atoms. The van der Waals surface area contributed by atoms with Gasteiger partial charge in [-0.05, 0) is 37.1 Å². The molecule has 1 aromatic carbocycles. The fourth-order valence-electron chi connectivity index (χ4n) is 2.07. The summed E-state index contributed by atoms with van der Waals surface area (Å²) in [7, 11) is 0. The van der Waals surface area contributed by atoms with E-state index in [1.165, 1.54) is 12.1 Å². The number of halogens is 5. The normalized spacial score (nSPS) is 20.1. The molecule has 0 saturated carbocycles. The molecule has 1 saturated heterocycles. The Labute approximate surface area is 109 Å². The van der Waals surface area contributed by atoms with E-state index in [0.717, 1.165) is 19.0 Å². The Morgan fingerprint density at radius 3 is 2.53 bits per heavy atom. The first-order valence-electron chi connectivity index (χ1n) is 5.09. The summed E-state index contributed by atoms with van der Waals surface area (Å²) in [4.78, 5) is 0. The summed E-state index contributed by atoms with van der Waals surface area (Å²) in [5.41, 5.74) is -0.437. The lowest BCUT2D eigenvalue weighted by Crippen LogP contribution is -2.19. The first kappa shape index (κ1) is 14.6. The third-order valence-electron chi connectivity index (χ3n) is 2.77. The van der Waals surface area contributed by atoms with Crippen molar-refractivity contribution in [2.24, 2.45) is 0 Å². The quantitative estimate of drug-likeness (QED) is 0.815. The first-order valence-corrected chi connectivity index (χ1v) is 5.47. The van der Waals surface area contributed by atoms with E-state index in [1.807, 2.05) is 0 Å². The second-order valence-electron chi connectivity index (χ2n) is 3.85. The molecule has 0 unspecified atom stereocenters. The number of hydrogen-bond donors (Lipinski definition) is 1. The first-order chi connectivity index (χ1) is 7.50. The summed E-state index contributed by atoms with van der Waals surface area (Å²) in [6, 6.07) is 3.65. The highest BCUT2D eigenvalue weighted by molar-refractivity contribution is 6.31. The van der Waals surface area contributed by atoms with Crippen LogP contribution in [0.5, 0.6) is 0 Å². The Morgan fingerprint density at radius 2 is 2.00 bits per heavy atom. The van der Waals surface area contributed by atoms with Crippen LogP contribution in [0, 0.1) is 0 Å². The largest absolute Gasteiger partial charge is 0.416 e. The molecular weight excluding hydrogens is 274 g/mol. The van der Waals surface area contributed by atoms with Crippen LogP contribution in [0.4, 0.5) is 13.2 Å². The minimum Gasteiger partial charge on any atom is -0.310 e. The molecule has 1 fully saturated rings. The van der Waals surface area contributed by atoms with Gasteiger partial charge >= 0.3 is 6.18 Å². The van der Waals surface area contributed by atoms with E-state index < -0.39 is 11.7 Å². The van der Waals surface area contributed by atoms with E-state index in [9.17, 15) is 13.2 Å². The highest BCUT2D eigenvalue weighted by Crippen LogP contribution is 2.40. The maximum atomic E-state index is 12.8. The standard InChI is InChI=1S/C11H11ClF3N.ClH/c12-8-4-1-3-7(11(13,14)15)10(8)9-5-2-6-16-9;/h1,3-4,9,16H,2,5-6H2;1H/t9-;/m1./s1. The van der Waals surface area contributed by atoms with Crippen LogP contribution in [0.25, 0.3) is 0 Å². The van der Waals surface area contributed by atoms with Crippen molar-refractivity contribution in [3.63, 3.8) is 0 Å². The Kier molecular flexibility index (Phi) is 4.69. The molecule has 1 atom stereocenters. The molecule has 0 aromatic heterocycles. The van der Waals surface area contributed by atoms with E-state index in [0.29, 0.717) is 6.42 Å². The molecule has 2 rings (SSSR count). The molecule has 0 aliphatic carbocycles. The fraction of sp³-hybridized carbons (Fsp3) is 0.455. The highest BCUT2D eigenvalue weighted by atomic mass is 35.5. The third kappa shape index (κ3) is 3.06. The van der Waals surface area contributed by atoms with Gasteiger partial charge in [0.15, 0.2) is 0 Å². The Balaban J connectivity index is 0.00000144. The van der Waals surface area contributed by atoms with Gasteiger partial charge in [-0.2, -0.15) is 13.2 Å². The second-order valence-corrected chi connectivity index (χ2v) is 4.25. The van der Waals surface area contributed by atoms with Crippen molar-refractivity contribution in [1.29, 1.82) is 0 Å². The summed E-state index contributed by atoms with van der Waals surface area (Å²) in [6.45, 7) is 0.743. The van der Waals surface area contributed by atoms with Crippen molar-refractivity contribution in [1.82, 2.24) is 5.32 Å². The SMILES string of the molecule is Cl.FC(F)(F)c1cccc(Cl)c1[C@H]1CCCN1. The zero-order chi connectivity index (χ0) is 11.8. The summed E-state index contributed by atoms with van der Waals surface area (Å²) >= 11 is 5.88. The Morgan fingerprint density at radius 1 is 1.29 bits per heavy atom. The van der Waals surface area contributed by atoms with Crippen LogP contribution in [-0.2, 0) is 6.18 Å². The van der Waals surface area contributed by atoms with Crippen molar-refractivity contribution >= 4 is 24.0 Å². The van der Waals surface area contributed by atoms with Crippen LogP contribution in [-0.4, -0.2) is 6.54 Å². The molecule has 0 spiro atoms. The summed E-state index contributed by atoms with van der Waals surface area (Å²) in [6.07, 6.45) is -2.76. The van der Waals surface area contributed by atoms with E-state index in [4.69, 9.17) is 11.6 Å². The molecule has 1 N–H and O–H groups in total. The maximum Gasteiger partial charge on any atom is 0.416 e. The molecule has 96 valence electrons. The van der Waals surface area contributed by atoms with Crippen molar-refractivity contribution in [3.8, 4) is 0 Å². The molecule has 1 nitrogen and oxygen atoms in total. The number of alkyl halides is 3. The molecule has 0 radical (unpaired) electrons. The molecule has 6 heteroatoms. The van der Waals surface area contributed by atoms with Crippen molar-refractivity contribution in [2.75, 3.05) is 6.54 Å². The Hall–Kier alpha value is -0.450. The van der Waals surface area contributed by atoms with Crippen LogP contribution in [0.15, 0.2) is 18.2 Å². The minimum absolute atomic E-state index is 0. The number of rotatable bonds is 1. The predicted molar refractivity (Wildman–Crippen MR) is 63.7 cm³/mol. The second kappa shape index (κ2) is 5.46. The van der Waals surface area contributed by atoms with E-state index in [-0.39, 0.29) is 29.0 Å². The molecular formula is C11H12Cl2F3N. The molecule has 1 heterocycles. The van der Waals surface area contributed by atoms with E-state index in [1.54, 1.807) is 0 Å². The lowest BCUT2D eigenvalue weighted by atomic mass is 9.98. The van der Waals surface area contributed by atoms with E-state index in [2.05, 4.69) is 5.32 Å². The van der Waals surface area contributed by atoms with E-state index >= 15 is 0 Å². The molecule has 1 aromatic rings. The van der Waals surface area contributed by atoms with Gasteiger partial charge in [0.2, 0.25) is 0 Å². The van der Waals surface area contributed by atoms with Crippen LogP contribution < -0.4 is 5.32 Å². The van der Waals surface area contributed by atoms with Crippen LogP contribution in [0.1, 0.15) is 30.0 Å². The monoisotopic (exact) mass is 285 g/mol. The highest BCUT2D eigenvalue weighted by Gasteiger charge is 2.36. The average Bonchev–Trinajstić information content (AvgIpc) is 2.68. The van der Waals surface area contributed by atoms with Crippen molar-refractivity contribution in [3.05, 3.63) is 34.3 Å². The van der Waals surface area contributed by atoms with Gasteiger partial charge in [0, 0.05) is 11.1 Å². The topological polar surface area (TPSA) is 12.0 Å². The smallest absolute Gasteiger partial charge is 0.310 e. The molecule has 0 amide bonds. The van der Waals surface area contributed by atoms with Gasteiger partial charge in [0.05, 0.1) is 5.56 Å². The van der Waals surface area contributed by atoms with Crippen LogP contribution in [0.3, 0.4) is 0 Å². The lowest BCUT2D eigenvalue weighted by molar-refractivity contribution is -0.138. The van der Waals surface area contributed by atoms with Crippen molar-refractivity contribution < 1.29 is 13.2 Å². The zero-order valence-corrected chi connectivity index (χ0v) is 10.4. The molecule has 1 aliphatic rings. The number of nitrogens with one attached hydrogen (secondary N) is 1. The van der Waals surface area contributed by atoms with Gasteiger partial charge in [-0.15, -0.1) is 12.4 Å². The van der Waals surface area contributed by atoms with Gasteiger partial charge in [-0.1, -0.05) is 17.7 Å². The zero-order valence-electron chi connectivity index (χ0n) is 8.85. The predicted octanol–water partition coefficient (Wildman–Crippen LogP) is 4.21. The van der Waals surface area contributed by atoms with Crippen LogP contribution >= 0.6 is 24.0 Å². The summed E-state index contributed by atoms with van der Waals surface area (Å²) in [5, 5.41) is 3.23. The molecule has 1 aliphatic heterocycles. The van der Waals surface area contributed by atoms with Gasteiger partial charge in [-0.25, -0.2) is 0 Å². The minimum atomic E-state index is -4.34. The lowest BCUT2D eigenvalue weighted by Gasteiger charge is -2.19. The van der Waals surface area contributed by atoms with Crippen molar-refractivity contribution in [2.45, 2.75) is 25.1 Å². The maximum absolute atomic E-state index is 12.8. The van der Waals surface area contributed by atoms with Crippen LogP contribution in [0.2, 0.25) is 5.02 Å². The van der Waals surface area contributed by atoms with Gasteiger partial charge in [0.1, 0.15) is 0 Å². The summed E-state index contributed by atoms with van der Waals surface area (Å²) < 4.78 is 38.4. The molecule has 0 bridgehead atoms. The summed E-state index contributed by atoms with van der Waals surface area (Å²) in [5.74, 6) is 0. The van der Waals surface area contributed by atoms with Gasteiger partial charge < -0.3 is 5.32 Å². The number of benzene rings is 1. The average molecular weight is 286 g/mol. The third-order valence-corrected chi connectivity index (χ3v) is 3.10. The number of hydrogen-bond acceptors (Lipinski definition) is 1. The van der Waals surface area contributed by atoms with Gasteiger partial charge in [-0.3, -0.25) is 0 Å². The fourth-order valence-corrected chi connectivity index (χ4v) is 2.38.